The van der Waals surface area contributed by atoms with Gasteiger partial charge in [0, 0.05) is 30.2 Å². The monoisotopic (exact) mass is 429 g/mol. The predicted molar refractivity (Wildman–Crippen MR) is 112 cm³/mol. The summed E-state index contributed by atoms with van der Waals surface area (Å²) in [6.07, 6.45) is 3.11. The maximum absolute atomic E-state index is 13.2. The number of carbonyl (C=O) groups is 1. The highest BCUT2D eigenvalue weighted by Gasteiger charge is 2.33. The molecule has 0 spiro atoms. The third-order valence-electron chi connectivity index (χ3n) is 5.16. The number of phenolic OH excluding ortho intramolecular Hbond substituents is 1. The number of benzene rings is 2. The molecule has 0 fully saturated rings. The molecule has 0 saturated heterocycles. The van der Waals surface area contributed by atoms with E-state index in [-0.39, 0.29) is 35.7 Å². The van der Waals surface area contributed by atoms with Gasteiger partial charge in [0.25, 0.3) is 5.91 Å². The van der Waals surface area contributed by atoms with Crippen LogP contribution in [0.25, 0.3) is 10.9 Å². The van der Waals surface area contributed by atoms with Crippen LogP contribution < -0.4 is 9.62 Å². The first-order valence-electron chi connectivity index (χ1n) is 9.37. The highest BCUT2D eigenvalue weighted by Crippen LogP contribution is 2.42. The number of anilines is 1. The molecule has 2 aromatic carbocycles. The summed E-state index contributed by atoms with van der Waals surface area (Å²) in [6, 6.07) is 7.83. The first-order valence-corrected chi connectivity index (χ1v) is 11.2. The second-order valence-electron chi connectivity index (χ2n) is 7.20. The van der Waals surface area contributed by atoms with E-state index in [0.717, 1.165) is 17.4 Å². The molecule has 4 rings (SSSR count). The minimum Gasteiger partial charge on any atom is -0.505 e. The Balaban J connectivity index is 1.97. The minimum absolute atomic E-state index is 0.0541. The van der Waals surface area contributed by atoms with E-state index in [0.29, 0.717) is 23.1 Å². The molecule has 3 aromatic rings. The molecule has 1 aromatic heterocycles. The van der Waals surface area contributed by atoms with E-state index >= 15 is 0 Å². The number of pyridine rings is 1. The third kappa shape index (κ3) is 3.35. The Morgan fingerprint density at radius 1 is 1.23 bits per heavy atom. The number of hydrogen-bond acceptors (Lipinski definition) is 5. The number of fused-ring (bicyclic) bond motifs is 2. The molecule has 0 unspecified atom stereocenters. The molecule has 0 bridgehead atoms. The molecule has 1 aliphatic heterocycles. The fourth-order valence-electron chi connectivity index (χ4n) is 3.87. The molecule has 1 aliphatic rings. The number of sulfonamides is 1. The fourth-order valence-corrected chi connectivity index (χ4v) is 4.88. The molecular formula is C21H20FN3O4S. The molecule has 2 heterocycles. The van der Waals surface area contributed by atoms with E-state index < -0.39 is 15.9 Å². The number of rotatable bonds is 5. The molecule has 2 N–H and O–H groups in total. The molecule has 156 valence electrons. The van der Waals surface area contributed by atoms with E-state index in [1.165, 1.54) is 16.4 Å². The maximum Gasteiger partial charge on any atom is 0.255 e. The Morgan fingerprint density at radius 2 is 1.93 bits per heavy atom. The van der Waals surface area contributed by atoms with Crippen molar-refractivity contribution in [2.45, 2.75) is 19.9 Å². The third-order valence-corrected chi connectivity index (χ3v) is 6.40. The van der Waals surface area contributed by atoms with Crippen LogP contribution in [0, 0.1) is 5.82 Å². The van der Waals surface area contributed by atoms with Crippen LogP contribution in [0.2, 0.25) is 0 Å². The lowest BCUT2D eigenvalue weighted by atomic mass is 9.98. The van der Waals surface area contributed by atoms with Gasteiger partial charge in [-0.3, -0.25) is 14.1 Å². The van der Waals surface area contributed by atoms with Crippen molar-refractivity contribution in [1.82, 2.24) is 10.3 Å². The number of amides is 1. The van der Waals surface area contributed by atoms with Gasteiger partial charge in [-0.05, 0) is 42.7 Å². The Hall–Kier alpha value is -3.20. The van der Waals surface area contributed by atoms with Gasteiger partial charge in [-0.15, -0.1) is 0 Å². The summed E-state index contributed by atoms with van der Waals surface area (Å²) in [7, 11) is -3.64. The Bertz CT molecular complexity index is 1270. The summed E-state index contributed by atoms with van der Waals surface area (Å²) in [5.41, 5.74) is 2.60. The molecule has 7 nitrogen and oxygen atoms in total. The molecular weight excluding hydrogens is 409 g/mol. The first-order chi connectivity index (χ1) is 14.2. The Morgan fingerprint density at radius 3 is 2.57 bits per heavy atom. The fraction of sp³-hybridized carbons (Fsp3) is 0.238. The van der Waals surface area contributed by atoms with Gasteiger partial charge in [-0.2, -0.15) is 0 Å². The van der Waals surface area contributed by atoms with Gasteiger partial charge in [-0.25, -0.2) is 12.8 Å². The van der Waals surface area contributed by atoms with Crippen molar-refractivity contribution in [3.63, 3.8) is 0 Å². The quantitative estimate of drug-likeness (QED) is 0.650. The van der Waals surface area contributed by atoms with Gasteiger partial charge in [0.1, 0.15) is 11.3 Å². The Labute approximate surface area is 173 Å². The average Bonchev–Trinajstić information content (AvgIpc) is 3.07. The Kier molecular flexibility index (Phi) is 4.85. The zero-order chi connectivity index (χ0) is 21.6. The highest BCUT2D eigenvalue weighted by atomic mass is 32.2. The van der Waals surface area contributed by atoms with Crippen LogP contribution in [0.15, 0.2) is 36.5 Å². The average molecular weight is 429 g/mol. The highest BCUT2D eigenvalue weighted by molar-refractivity contribution is 7.92. The van der Waals surface area contributed by atoms with Crippen molar-refractivity contribution in [2.75, 3.05) is 17.1 Å². The number of nitrogens with one attached hydrogen (secondary N) is 1. The molecule has 0 saturated carbocycles. The first kappa shape index (κ1) is 20.1. The molecule has 0 atom stereocenters. The van der Waals surface area contributed by atoms with Gasteiger partial charge in [-0.1, -0.05) is 12.1 Å². The van der Waals surface area contributed by atoms with Gasteiger partial charge < -0.3 is 10.4 Å². The predicted octanol–water partition coefficient (Wildman–Crippen LogP) is 2.70. The van der Waals surface area contributed by atoms with Gasteiger partial charge in [0.2, 0.25) is 10.0 Å². The SMILES string of the molecule is CCN(c1c2c(c(O)c3ncc(Cc4ccc(F)cc4)cc13)C(=O)NC2)S(C)(=O)=O. The zero-order valence-corrected chi connectivity index (χ0v) is 17.3. The number of carbonyl (C=O) groups excluding carboxylic acids is 1. The minimum atomic E-state index is -3.64. The standard InChI is InChI=1S/C21H20FN3O4S/c1-3-25(30(2,28)29)19-15-9-13(8-12-4-6-14(22)7-5-12)10-23-18(15)20(26)17-16(19)11-24-21(17)27/h4-7,9-10,26H,3,8,11H2,1-2H3,(H,24,27). The summed E-state index contributed by atoms with van der Waals surface area (Å²) in [4.78, 5) is 16.6. The van der Waals surface area contributed by atoms with Crippen molar-refractivity contribution in [1.29, 1.82) is 0 Å². The van der Waals surface area contributed by atoms with Crippen LogP contribution in [0.4, 0.5) is 10.1 Å². The van der Waals surface area contributed by atoms with Crippen LogP contribution >= 0.6 is 0 Å². The van der Waals surface area contributed by atoms with Crippen molar-refractivity contribution in [3.8, 4) is 5.75 Å². The smallest absolute Gasteiger partial charge is 0.255 e. The van der Waals surface area contributed by atoms with Gasteiger partial charge >= 0.3 is 0 Å². The van der Waals surface area contributed by atoms with Crippen LogP contribution in [-0.2, 0) is 23.0 Å². The maximum atomic E-state index is 13.2. The van der Waals surface area contributed by atoms with Gasteiger partial charge in [0.05, 0.1) is 17.5 Å². The second kappa shape index (κ2) is 7.24. The van der Waals surface area contributed by atoms with E-state index in [9.17, 15) is 22.7 Å². The van der Waals surface area contributed by atoms with Crippen molar-refractivity contribution < 1.29 is 22.7 Å². The summed E-state index contributed by atoms with van der Waals surface area (Å²) in [5, 5.41) is 13.8. The lowest BCUT2D eigenvalue weighted by Gasteiger charge is -2.25. The molecule has 9 heteroatoms. The van der Waals surface area contributed by atoms with Crippen molar-refractivity contribution in [2.24, 2.45) is 0 Å². The van der Waals surface area contributed by atoms with Crippen LogP contribution in [0.5, 0.6) is 5.75 Å². The molecule has 0 radical (unpaired) electrons. The topological polar surface area (TPSA) is 99.6 Å². The van der Waals surface area contributed by atoms with E-state index in [2.05, 4.69) is 10.3 Å². The van der Waals surface area contributed by atoms with Crippen LogP contribution in [-0.4, -0.2) is 37.2 Å². The summed E-state index contributed by atoms with van der Waals surface area (Å²) >= 11 is 0. The number of phenols is 1. The second-order valence-corrected chi connectivity index (χ2v) is 9.11. The largest absolute Gasteiger partial charge is 0.505 e. The summed E-state index contributed by atoms with van der Waals surface area (Å²) in [6.45, 7) is 1.97. The molecule has 1 amide bonds. The molecule has 30 heavy (non-hydrogen) atoms. The van der Waals surface area contributed by atoms with Gasteiger partial charge in [0.15, 0.2) is 5.75 Å². The van der Waals surface area contributed by atoms with Crippen LogP contribution in [0.1, 0.15) is 34.0 Å². The van der Waals surface area contributed by atoms with E-state index in [4.69, 9.17) is 0 Å². The van der Waals surface area contributed by atoms with Crippen molar-refractivity contribution >= 4 is 32.5 Å². The number of aromatic nitrogens is 1. The molecule has 0 aliphatic carbocycles. The van der Waals surface area contributed by atoms with E-state index in [1.807, 2.05) is 0 Å². The normalized spacial score (nSPS) is 13.4. The number of hydrogen-bond donors (Lipinski definition) is 2. The van der Waals surface area contributed by atoms with Crippen LogP contribution in [0.3, 0.4) is 0 Å². The number of nitrogens with zero attached hydrogens (tertiary/aromatic N) is 2. The summed E-state index contributed by atoms with van der Waals surface area (Å²) in [5.74, 6) is -1.06. The zero-order valence-electron chi connectivity index (χ0n) is 16.4. The number of halogens is 1. The lowest BCUT2D eigenvalue weighted by Crippen LogP contribution is -2.30. The summed E-state index contributed by atoms with van der Waals surface area (Å²) < 4.78 is 39.4. The van der Waals surface area contributed by atoms with Crippen molar-refractivity contribution in [3.05, 3.63) is 64.6 Å². The van der Waals surface area contributed by atoms with E-state index in [1.54, 1.807) is 31.3 Å². The lowest BCUT2D eigenvalue weighted by molar-refractivity contribution is 0.0963. The number of aromatic hydroxyl groups is 1.